The number of esters is 1. The molecule has 0 heterocycles. The molecule has 0 atom stereocenters. The molecule has 0 aromatic heterocycles. The highest BCUT2D eigenvalue weighted by Gasteiger charge is 2.10. The van der Waals surface area contributed by atoms with E-state index in [1.807, 2.05) is 6.07 Å². The molecule has 0 amide bonds. The summed E-state index contributed by atoms with van der Waals surface area (Å²) in [6, 6.07) is 11.4. The Morgan fingerprint density at radius 1 is 1.30 bits per heavy atom. The molecular weight excluding hydrogens is 261 g/mol. The predicted octanol–water partition coefficient (Wildman–Crippen LogP) is 2.76. The molecule has 0 bridgehead atoms. The van der Waals surface area contributed by atoms with Crippen molar-refractivity contribution in [3.63, 3.8) is 0 Å². The molecule has 1 N–H and O–H groups in total. The van der Waals surface area contributed by atoms with Crippen LogP contribution >= 0.6 is 0 Å². The highest BCUT2D eigenvalue weighted by atomic mass is 19.1. The maximum Gasteiger partial charge on any atom is 0.338 e. The molecule has 2 aromatic rings. The number of rotatable bonds is 3. The fourth-order valence-corrected chi connectivity index (χ4v) is 1.61. The van der Waals surface area contributed by atoms with Crippen LogP contribution in [0.4, 0.5) is 4.39 Å². The third-order valence-corrected chi connectivity index (χ3v) is 2.62. The van der Waals surface area contributed by atoms with Crippen molar-refractivity contribution in [2.45, 2.75) is 6.61 Å². The van der Waals surface area contributed by atoms with Crippen LogP contribution in [-0.2, 0) is 11.3 Å². The van der Waals surface area contributed by atoms with Crippen molar-refractivity contribution >= 4 is 5.97 Å². The number of carbonyl (C=O) groups excluding carboxylic acids is 1. The molecule has 0 aliphatic heterocycles. The number of halogens is 1. The molecule has 0 fully saturated rings. The topological polar surface area (TPSA) is 70.3 Å². The molecule has 20 heavy (non-hydrogen) atoms. The molecule has 0 saturated heterocycles. The highest BCUT2D eigenvalue weighted by molar-refractivity contribution is 5.89. The van der Waals surface area contributed by atoms with Gasteiger partial charge in [-0.15, -0.1) is 0 Å². The lowest BCUT2D eigenvalue weighted by Gasteiger charge is -2.06. The van der Waals surface area contributed by atoms with Crippen molar-refractivity contribution in [1.82, 2.24) is 0 Å². The van der Waals surface area contributed by atoms with Crippen LogP contribution in [0.1, 0.15) is 21.5 Å². The monoisotopic (exact) mass is 271 g/mol. The molecule has 5 heteroatoms. The Hall–Kier alpha value is -2.87. The van der Waals surface area contributed by atoms with Crippen molar-refractivity contribution in [3.05, 3.63) is 65.0 Å². The van der Waals surface area contributed by atoms with Gasteiger partial charge in [-0.2, -0.15) is 5.26 Å². The summed E-state index contributed by atoms with van der Waals surface area (Å²) in [4.78, 5) is 11.7. The SMILES string of the molecule is N#Cc1ccc(F)c(COC(=O)c2cccc(O)c2)c1. The Balaban J connectivity index is 2.09. The van der Waals surface area contributed by atoms with Crippen molar-refractivity contribution in [2.75, 3.05) is 0 Å². The van der Waals surface area contributed by atoms with Gasteiger partial charge in [0.05, 0.1) is 17.2 Å². The van der Waals surface area contributed by atoms with E-state index in [0.29, 0.717) is 0 Å². The summed E-state index contributed by atoms with van der Waals surface area (Å²) in [6.07, 6.45) is 0. The summed E-state index contributed by atoms with van der Waals surface area (Å²) in [5.74, 6) is -1.28. The van der Waals surface area contributed by atoms with Crippen LogP contribution in [0.5, 0.6) is 5.75 Å². The number of carbonyl (C=O) groups is 1. The van der Waals surface area contributed by atoms with Crippen molar-refractivity contribution in [3.8, 4) is 11.8 Å². The first-order chi connectivity index (χ1) is 9.60. The number of aromatic hydroxyl groups is 1. The van der Waals surface area contributed by atoms with Gasteiger partial charge in [-0.3, -0.25) is 0 Å². The van der Waals surface area contributed by atoms with Crippen LogP contribution in [0.25, 0.3) is 0 Å². The van der Waals surface area contributed by atoms with Gasteiger partial charge in [-0.05, 0) is 36.4 Å². The van der Waals surface area contributed by atoms with Crippen LogP contribution in [-0.4, -0.2) is 11.1 Å². The van der Waals surface area contributed by atoms with Crippen LogP contribution in [0.15, 0.2) is 42.5 Å². The first-order valence-corrected chi connectivity index (χ1v) is 5.75. The predicted molar refractivity (Wildman–Crippen MR) is 68.3 cm³/mol. The van der Waals surface area contributed by atoms with Crippen molar-refractivity contribution in [2.24, 2.45) is 0 Å². The average molecular weight is 271 g/mol. The van der Waals surface area contributed by atoms with E-state index in [9.17, 15) is 14.3 Å². The van der Waals surface area contributed by atoms with E-state index >= 15 is 0 Å². The van der Waals surface area contributed by atoms with Crippen LogP contribution in [0.2, 0.25) is 0 Å². The van der Waals surface area contributed by atoms with E-state index in [1.54, 1.807) is 0 Å². The van der Waals surface area contributed by atoms with Gasteiger partial charge in [0.2, 0.25) is 0 Å². The summed E-state index contributed by atoms with van der Waals surface area (Å²) in [5.41, 5.74) is 0.578. The minimum atomic E-state index is -0.678. The van der Waals surface area contributed by atoms with Crippen molar-refractivity contribution in [1.29, 1.82) is 5.26 Å². The number of nitriles is 1. The summed E-state index contributed by atoms with van der Waals surface area (Å²) < 4.78 is 18.4. The van der Waals surface area contributed by atoms with Gasteiger partial charge >= 0.3 is 5.97 Å². The highest BCUT2D eigenvalue weighted by Crippen LogP contribution is 2.15. The fourth-order valence-electron chi connectivity index (χ4n) is 1.61. The number of nitrogens with zero attached hydrogens (tertiary/aromatic N) is 1. The van der Waals surface area contributed by atoms with E-state index in [0.717, 1.165) is 6.07 Å². The minimum Gasteiger partial charge on any atom is -0.508 e. The van der Waals surface area contributed by atoms with E-state index in [-0.39, 0.29) is 29.0 Å². The van der Waals surface area contributed by atoms with Gasteiger partial charge < -0.3 is 9.84 Å². The van der Waals surface area contributed by atoms with Crippen LogP contribution in [0.3, 0.4) is 0 Å². The smallest absolute Gasteiger partial charge is 0.338 e. The summed E-state index contributed by atoms with van der Waals surface area (Å²) in [6.45, 7) is -0.282. The first-order valence-electron chi connectivity index (χ1n) is 5.75. The lowest BCUT2D eigenvalue weighted by molar-refractivity contribution is 0.0468. The molecule has 2 rings (SSSR count). The lowest BCUT2D eigenvalue weighted by atomic mass is 10.1. The third-order valence-electron chi connectivity index (χ3n) is 2.62. The van der Waals surface area contributed by atoms with Crippen LogP contribution in [0, 0.1) is 17.1 Å². The number of hydrogen-bond donors (Lipinski definition) is 1. The van der Waals surface area contributed by atoms with Crippen LogP contribution < -0.4 is 0 Å². The standard InChI is InChI=1S/C15H10FNO3/c16-14-5-4-10(8-17)6-12(14)9-20-15(19)11-2-1-3-13(18)7-11/h1-7,18H,9H2. The Bertz CT molecular complexity index is 692. The van der Waals surface area contributed by atoms with Gasteiger partial charge in [0, 0.05) is 5.56 Å². The number of hydrogen-bond acceptors (Lipinski definition) is 4. The molecule has 2 aromatic carbocycles. The van der Waals surface area contributed by atoms with Gasteiger partial charge in [0.1, 0.15) is 18.2 Å². The van der Waals surface area contributed by atoms with E-state index in [1.165, 1.54) is 36.4 Å². The Kier molecular flexibility index (Phi) is 3.96. The first kappa shape index (κ1) is 13.6. The van der Waals surface area contributed by atoms with E-state index < -0.39 is 11.8 Å². The van der Waals surface area contributed by atoms with Gasteiger partial charge in [0.25, 0.3) is 0 Å². The average Bonchev–Trinajstić information content (AvgIpc) is 2.46. The Labute approximate surface area is 114 Å². The quantitative estimate of drug-likeness (QED) is 0.871. The maximum atomic E-state index is 13.5. The van der Waals surface area contributed by atoms with E-state index in [2.05, 4.69) is 0 Å². The number of phenolic OH excluding ortho intramolecular Hbond substituents is 1. The molecule has 0 radical (unpaired) electrons. The zero-order valence-electron chi connectivity index (χ0n) is 10.3. The normalized spacial score (nSPS) is 9.80. The zero-order chi connectivity index (χ0) is 14.5. The number of benzene rings is 2. The zero-order valence-corrected chi connectivity index (χ0v) is 10.3. The molecule has 0 unspecified atom stereocenters. The number of phenols is 1. The molecule has 0 saturated carbocycles. The summed E-state index contributed by atoms with van der Waals surface area (Å²) in [5, 5.41) is 18.0. The molecular formula is C15H10FNO3. The fraction of sp³-hybridized carbons (Fsp3) is 0.0667. The van der Waals surface area contributed by atoms with Gasteiger partial charge in [0.15, 0.2) is 0 Å². The molecule has 0 spiro atoms. The molecule has 4 nitrogen and oxygen atoms in total. The summed E-state index contributed by atoms with van der Waals surface area (Å²) >= 11 is 0. The largest absolute Gasteiger partial charge is 0.508 e. The maximum absolute atomic E-state index is 13.5. The molecule has 100 valence electrons. The Morgan fingerprint density at radius 2 is 2.10 bits per heavy atom. The lowest BCUT2D eigenvalue weighted by Crippen LogP contribution is -2.06. The molecule has 0 aliphatic carbocycles. The van der Waals surface area contributed by atoms with E-state index in [4.69, 9.17) is 10.00 Å². The Morgan fingerprint density at radius 3 is 2.80 bits per heavy atom. The second-order valence-corrected chi connectivity index (χ2v) is 4.04. The summed E-state index contributed by atoms with van der Waals surface area (Å²) in [7, 11) is 0. The van der Waals surface area contributed by atoms with Gasteiger partial charge in [-0.25, -0.2) is 9.18 Å². The number of ether oxygens (including phenoxy) is 1. The van der Waals surface area contributed by atoms with Gasteiger partial charge in [-0.1, -0.05) is 6.07 Å². The third kappa shape index (κ3) is 3.12. The van der Waals surface area contributed by atoms with Crippen molar-refractivity contribution < 1.29 is 19.0 Å². The second-order valence-electron chi connectivity index (χ2n) is 4.04. The minimum absolute atomic E-state index is 0.0582. The second kappa shape index (κ2) is 5.85. The molecule has 0 aliphatic rings.